The summed E-state index contributed by atoms with van der Waals surface area (Å²) in [6, 6.07) is 3.26. The highest BCUT2D eigenvalue weighted by Gasteiger charge is 2.72. The van der Waals surface area contributed by atoms with Crippen LogP contribution in [0, 0.1) is 22.7 Å². The van der Waals surface area contributed by atoms with Gasteiger partial charge in [-0.15, -0.1) is 0 Å². The van der Waals surface area contributed by atoms with Gasteiger partial charge in [-0.25, -0.2) is 0 Å². The second-order valence-electron chi connectivity index (χ2n) is 12.7. The van der Waals surface area contributed by atoms with Crippen LogP contribution >= 0.6 is 0 Å². The number of hydrogen-bond donors (Lipinski definition) is 4. The van der Waals surface area contributed by atoms with Gasteiger partial charge in [0.2, 0.25) is 5.78 Å². The number of aliphatic hydroxyl groups is 3. The van der Waals surface area contributed by atoms with E-state index in [9.17, 15) is 34.8 Å². The molecule has 0 aromatic heterocycles. The molecular formula is C33H36O7. The average molecular weight is 545 g/mol. The molecule has 5 rings (SSSR count). The highest BCUT2D eigenvalue weighted by atomic mass is 16.3. The number of hydrogen-bond acceptors (Lipinski definition) is 7. The predicted octanol–water partition coefficient (Wildman–Crippen LogP) is 5.17. The monoisotopic (exact) mass is 544 g/mol. The van der Waals surface area contributed by atoms with Crippen molar-refractivity contribution in [2.45, 2.75) is 65.9 Å². The number of ketones is 3. The lowest BCUT2D eigenvalue weighted by Gasteiger charge is -2.59. The summed E-state index contributed by atoms with van der Waals surface area (Å²) in [6.07, 6.45) is 7.59. The number of phenolic OH excluding ortho intramolecular Hbond substituents is 1. The van der Waals surface area contributed by atoms with Gasteiger partial charge in [0.05, 0.1) is 5.56 Å². The van der Waals surface area contributed by atoms with Crippen molar-refractivity contribution < 1.29 is 34.8 Å². The summed E-state index contributed by atoms with van der Waals surface area (Å²) in [4.78, 5) is 40.5. The molecule has 1 aromatic rings. The number of rotatable bonds is 5. The molecule has 0 bridgehead atoms. The standard InChI is InChI=1S/C33H36O7/c1-16(2)25-27(36)23(18(4)34)29(38)33(40)30(39)26-28(37)24-21(14-31(26,5)15-32(25,33)6)20(11-12-22(24)35)13-17(3)19-9-7-8-10-19/h7-9,11-12,16,25,35,37-38,40H,3,10,13-15H2,1-2,4-6H3/t25?,31-,32-,33+/m1/s1. The average Bonchev–Trinajstić information content (AvgIpc) is 3.38. The summed E-state index contributed by atoms with van der Waals surface area (Å²) in [5.74, 6) is -5.25. The molecular weight excluding hydrogens is 508 g/mol. The molecule has 0 radical (unpaired) electrons. The van der Waals surface area contributed by atoms with E-state index in [1.54, 1.807) is 33.8 Å². The Morgan fingerprint density at radius 2 is 1.82 bits per heavy atom. The first-order valence-electron chi connectivity index (χ1n) is 13.7. The van der Waals surface area contributed by atoms with Crippen LogP contribution in [0.2, 0.25) is 0 Å². The lowest BCUT2D eigenvalue weighted by atomic mass is 9.43. The van der Waals surface area contributed by atoms with Gasteiger partial charge in [0, 0.05) is 22.3 Å². The van der Waals surface area contributed by atoms with E-state index in [1.807, 2.05) is 18.2 Å². The number of carbonyl (C=O) groups is 3. The van der Waals surface area contributed by atoms with E-state index in [4.69, 9.17) is 0 Å². The Morgan fingerprint density at radius 1 is 1.15 bits per heavy atom. The van der Waals surface area contributed by atoms with Crippen molar-refractivity contribution in [3.8, 4) is 5.75 Å². The molecule has 0 spiro atoms. The van der Waals surface area contributed by atoms with E-state index >= 15 is 0 Å². The van der Waals surface area contributed by atoms with Crippen molar-refractivity contribution in [3.63, 3.8) is 0 Å². The first-order valence-corrected chi connectivity index (χ1v) is 13.7. The molecule has 210 valence electrons. The number of allylic oxidation sites excluding steroid dienone is 6. The zero-order valence-electron chi connectivity index (χ0n) is 23.6. The number of Topliss-reactive ketones (excluding diaryl/α,β-unsaturated/α-hetero) is 3. The molecule has 1 fully saturated rings. The van der Waals surface area contributed by atoms with Crippen molar-refractivity contribution in [2.24, 2.45) is 22.7 Å². The summed E-state index contributed by atoms with van der Waals surface area (Å²) in [5, 5.41) is 45.9. The first-order chi connectivity index (χ1) is 18.6. The maximum atomic E-state index is 14.4. The van der Waals surface area contributed by atoms with Crippen molar-refractivity contribution >= 4 is 23.1 Å². The van der Waals surface area contributed by atoms with Gasteiger partial charge in [-0.2, -0.15) is 0 Å². The quantitative estimate of drug-likeness (QED) is 0.376. The van der Waals surface area contributed by atoms with Crippen LogP contribution in [0.4, 0.5) is 0 Å². The zero-order chi connectivity index (χ0) is 29.5. The third kappa shape index (κ3) is 3.49. The topological polar surface area (TPSA) is 132 Å². The number of benzene rings is 1. The van der Waals surface area contributed by atoms with Crippen LogP contribution in [-0.4, -0.2) is 43.4 Å². The van der Waals surface area contributed by atoms with Crippen LogP contribution in [0.25, 0.3) is 5.76 Å². The van der Waals surface area contributed by atoms with E-state index in [0.717, 1.165) is 30.1 Å². The normalized spacial score (nSPS) is 31.3. The van der Waals surface area contributed by atoms with Gasteiger partial charge >= 0.3 is 0 Å². The lowest BCUT2D eigenvalue weighted by molar-refractivity contribution is -0.178. The smallest absolute Gasteiger partial charge is 0.203 e. The van der Waals surface area contributed by atoms with Gasteiger partial charge in [0.25, 0.3) is 0 Å². The third-order valence-corrected chi connectivity index (χ3v) is 9.61. The van der Waals surface area contributed by atoms with Crippen LogP contribution in [0.15, 0.2) is 65.0 Å². The van der Waals surface area contributed by atoms with Crippen molar-refractivity contribution in [2.75, 3.05) is 0 Å². The Labute approximate surface area is 233 Å². The van der Waals surface area contributed by atoms with Gasteiger partial charge in [0.1, 0.15) is 22.8 Å². The molecule has 4 aliphatic rings. The maximum Gasteiger partial charge on any atom is 0.203 e. The number of aromatic hydroxyl groups is 1. The molecule has 4 atom stereocenters. The molecule has 7 nitrogen and oxygen atoms in total. The number of aliphatic hydroxyl groups excluding tert-OH is 2. The van der Waals surface area contributed by atoms with E-state index in [0.29, 0.717) is 12.0 Å². The summed E-state index contributed by atoms with van der Waals surface area (Å²) in [5.41, 5.74) is -2.21. The van der Waals surface area contributed by atoms with Crippen molar-refractivity contribution in [3.05, 3.63) is 81.7 Å². The highest BCUT2D eigenvalue weighted by Crippen LogP contribution is 2.65. The van der Waals surface area contributed by atoms with Gasteiger partial charge in [-0.05, 0) is 66.9 Å². The first kappa shape index (κ1) is 27.8. The van der Waals surface area contributed by atoms with Crippen LogP contribution in [0.5, 0.6) is 5.75 Å². The SMILES string of the molecule is C=C(Cc1ccc(O)c2c1C[C@]1(C)C[C@]3(C)C(C(C)C)C(=O)C(C(C)=O)=C(O)[C@]3(O)C(=O)C1=C2O)C1=CC=CC1. The molecule has 4 aliphatic carbocycles. The molecule has 7 heteroatoms. The number of fused-ring (bicyclic) bond motifs is 3. The van der Waals surface area contributed by atoms with Crippen molar-refractivity contribution in [1.29, 1.82) is 0 Å². The highest BCUT2D eigenvalue weighted by molar-refractivity contribution is 6.24. The van der Waals surface area contributed by atoms with Gasteiger partial charge in [0.15, 0.2) is 17.2 Å². The molecule has 0 heterocycles. The van der Waals surface area contributed by atoms with Gasteiger partial charge in [-0.3, -0.25) is 14.4 Å². The predicted molar refractivity (Wildman–Crippen MR) is 151 cm³/mol. The molecule has 1 saturated carbocycles. The van der Waals surface area contributed by atoms with Crippen LogP contribution in [0.1, 0.15) is 64.2 Å². The van der Waals surface area contributed by atoms with E-state index in [-0.39, 0.29) is 35.6 Å². The fraction of sp³-hybridized carbons (Fsp3) is 0.424. The van der Waals surface area contributed by atoms with Gasteiger partial charge in [-0.1, -0.05) is 58.6 Å². The summed E-state index contributed by atoms with van der Waals surface area (Å²) in [7, 11) is 0. The fourth-order valence-electron chi connectivity index (χ4n) is 8.00. The minimum absolute atomic E-state index is 0.0655. The Balaban J connectivity index is 1.74. The Morgan fingerprint density at radius 3 is 2.40 bits per heavy atom. The summed E-state index contributed by atoms with van der Waals surface area (Å²) >= 11 is 0. The van der Waals surface area contributed by atoms with E-state index < -0.39 is 56.8 Å². The largest absolute Gasteiger partial charge is 0.508 e. The molecule has 0 aliphatic heterocycles. The second kappa shape index (κ2) is 8.90. The van der Waals surface area contributed by atoms with E-state index in [1.165, 1.54) is 6.07 Å². The Kier molecular flexibility index (Phi) is 6.19. The molecule has 1 unspecified atom stereocenters. The second-order valence-corrected chi connectivity index (χ2v) is 12.7. The molecule has 4 N–H and O–H groups in total. The van der Waals surface area contributed by atoms with Crippen LogP contribution in [0.3, 0.4) is 0 Å². The third-order valence-electron chi connectivity index (χ3n) is 9.61. The van der Waals surface area contributed by atoms with Crippen LogP contribution < -0.4 is 0 Å². The van der Waals surface area contributed by atoms with Gasteiger partial charge < -0.3 is 20.4 Å². The minimum atomic E-state index is -2.61. The Hall–Kier alpha value is -3.71. The lowest BCUT2D eigenvalue weighted by Crippen LogP contribution is -2.69. The summed E-state index contributed by atoms with van der Waals surface area (Å²) in [6.45, 7) is 12.3. The number of phenols is 1. The summed E-state index contributed by atoms with van der Waals surface area (Å²) < 4.78 is 0. The van der Waals surface area contributed by atoms with Crippen molar-refractivity contribution in [1.82, 2.24) is 0 Å². The fourth-order valence-corrected chi connectivity index (χ4v) is 8.00. The molecule has 0 amide bonds. The van der Waals surface area contributed by atoms with E-state index in [2.05, 4.69) is 6.58 Å². The molecule has 40 heavy (non-hydrogen) atoms. The maximum absolute atomic E-state index is 14.4. The minimum Gasteiger partial charge on any atom is -0.508 e. The number of carbonyl (C=O) groups excluding carboxylic acids is 3. The molecule has 1 aromatic carbocycles. The van der Waals surface area contributed by atoms with Crippen LogP contribution in [-0.2, 0) is 27.2 Å². The molecule has 0 saturated heterocycles. The zero-order valence-corrected chi connectivity index (χ0v) is 23.6. The Bertz CT molecular complexity index is 1530.